The molecule has 1 aliphatic rings. The number of thiazole rings is 1. The van der Waals surface area contributed by atoms with Crippen LogP contribution >= 0.6 is 27.3 Å². The number of esters is 1. The van der Waals surface area contributed by atoms with Gasteiger partial charge in [0.05, 0.1) is 29.0 Å². The zero-order valence-corrected chi connectivity index (χ0v) is 21.4. The molecule has 0 spiro atoms. The Morgan fingerprint density at radius 3 is 2.57 bits per heavy atom. The van der Waals surface area contributed by atoms with Crippen LogP contribution in [0.25, 0.3) is 17.4 Å². The van der Waals surface area contributed by atoms with Crippen molar-refractivity contribution in [3.63, 3.8) is 0 Å². The molecule has 176 valence electrons. The maximum Gasteiger partial charge on any atom is 0.338 e. The SMILES string of the molecule is CCC1=C(C(=O)OC)[C@@H](c2ccccc2)n2c(s/c(=C/c3ccc(-c4ccc(Br)cc4)o3)c2=O)=N1. The van der Waals surface area contributed by atoms with Crippen LogP contribution < -0.4 is 14.9 Å². The first-order valence-corrected chi connectivity index (χ1v) is 12.6. The predicted octanol–water partition coefficient (Wildman–Crippen LogP) is 4.82. The molecule has 2 aromatic carbocycles. The second-order valence-electron chi connectivity index (χ2n) is 7.91. The summed E-state index contributed by atoms with van der Waals surface area (Å²) in [5.41, 5.74) is 2.52. The molecule has 0 aliphatic carbocycles. The van der Waals surface area contributed by atoms with Gasteiger partial charge in [-0.2, -0.15) is 0 Å². The van der Waals surface area contributed by atoms with Crippen LogP contribution in [0.3, 0.4) is 0 Å². The van der Waals surface area contributed by atoms with Gasteiger partial charge in [-0.3, -0.25) is 9.36 Å². The normalized spacial score (nSPS) is 15.6. The van der Waals surface area contributed by atoms with Crippen molar-refractivity contribution in [1.82, 2.24) is 4.57 Å². The highest BCUT2D eigenvalue weighted by atomic mass is 79.9. The fraction of sp³-hybridized carbons (Fsp3) is 0.148. The van der Waals surface area contributed by atoms with Gasteiger partial charge in [0.15, 0.2) is 4.80 Å². The van der Waals surface area contributed by atoms with Crippen molar-refractivity contribution in [3.8, 4) is 11.3 Å². The molecule has 0 bridgehead atoms. The first-order chi connectivity index (χ1) is 17.0. The third-order valence-corrected chi connectivity index (χ3v) is 7.31. The van der Waals surface area contributed by atoms with Crippen molar-refractivity contribution < 1.29 is 13.9 Å². The van der Waals surface area contributed by atoms with Crippen LogP contribution in [0, 0.1) is 0 Å². The van der Waals surface area contributed by atoms with E-state index in [9.17, 15) is 9.59 Å². The maximum absolute atomic E-state index is 13.6. The molecule has 1 atom stereocenters. The molecule has 2 aromatic heterocycles. The summed E-state index contributed by atoms with van der Waals surface area (Å²) in [6.07, 6.45) is 2.26. The van der Waals surface area contributed by atoms with Crippen molar-refractivity contribution in [2.45, 2.75) is 19.4 Å². The summed E-state index contributed by atoms with van der Waals surface area (Å²) in [6.45, 7) is 1.94. The van der Waals surface area contributed by atoms with E-state index in [1.807, 2.05) is 73.7 Å². The lowest BCUT2D eigenvalue weighted by Crippen LogP contribution is -2.40. The topological polar surface area (TPSA) is 73.8 Å². The Bertz CT molecular complexity index is 1610. The van der Waals surface area contributed by atoms with Gasteiger partial charge in [-0.25, -0.2) is 9.79 Å². The molecule has 35 heavy (non-hydrogen) atoms. The number of ether oxygens (including phenoxy) is 1. The highest BCUT2D eigenvalue weighted by Crippen LogP contribution is 2.31. The summed E-state index contributed by atoms with van der Waals surface area (Å²) in [5, 5.41) is 0. The zero-order chi connectivity index (χ0) is 24.5. The number of carbonyl (C=O) groups is 1. The Kier molecular flexibility index (Phi) is 6.40. The average molecular weight is 549 g/mol. The first kappa shape index (κ1) is 23.3. The molecule has 0 amide bonds. The number of furan rings is 1. The second kappa shape index (κ2) is 9.64. The van der Waals surface area contributed by atoms with Crippen LogP contribution in [0.1, 0.15) is 30.7 Å². The van der Waals surface area contributed by atoms with Crippen LogP contribution in [0.4, 0.5) is 0 Å². The third-order valence-electron chi connectivity index (χ3n) is 5.79. The second-order valence-corrected chi connectivity index (χ2v) is 9.83. The van der Waals surface area contributed by atoms with Gasteiger partial charge in [0.1, 0.15) is 11.5 Å². The van der Waals surface area contributed by atoms with Crippen LogP contribution in [0.2, 0.25) is 0 Å². The van der Waals surface area contributed by atoms with E-state index < -0.39 is 12.0 Å². The average Bonchev–Trinajstić information content (AvgIpc) is 3.48. The molecule has 0 saturated carbocycles. The first-order valence-electron chi connectivity index (χ1n) is 11.0. The Balaban J connectivity index is 1.65. The minimum absolute atomic E-state index is 0.235. The molecule has 0 N–H and O–H groups in total. The van der Waals surface area contributed by atoms with Gasteiger partial charge in [0, 0.05) is 16.1 Å². The smallest absolute Gasteiger partial charge is 0.338 e. The van der Waals surface area contributed by atoms with Gasteiger partial charge in [-0.05, 0) is 36.2 Å². The molecular weight excluding hydrogens is 528 g/mol. The molecule has 8 heteroatoms. The van der Waals surface area contributed by atoms with Gasteiger partial charge in [-0.15, -0.1) is 0 Å². The van der Waals surface area contributed by atoms with Crippen LogP contribution in [0.5, 0.6) is 0 Å². The molecule has 3 heterocycles. The van der Waals surface area contributed by atoms with Crippen molar-refractivity contribution in [3.05, 3.63) is 113 Å². The van der Waals surface area contributed by atoms with E-state index in [0.29, 0.717) is 38.5 Å². The molecule has 0 radical (unpaired) electrons. The molecule has 0 fully saturated rings. The van der Waals surface area contributed by atoms with Gasteiger partial charge < -0.3 is 9.15 Å². The van der Waals surface area contributed by atoms with Crippen LogP contribution in [-0.2, 0) is 9.53 Å². The van der Waals surface area contributed by atoms with Gasteiger partial charge in [0.25, 0.3) is 5.56 Å². The molecular formula is C27H21BrN2O4S. The molecule has 6 nitrogen and oxygen atoms in total. The van der Waals surface area contributed by atoms with Gasteiger partial charge >= 0.3 is 5.97 Å². The number of rotatable bonds is 5. The molecule has 1 aliphatic heterocycles. The summed E-state index contributed by atoms with van der Waals surface area (Å²) >= 11 is 4.72. The van der Waals surface area contributed by atoms with E-state index in [4.69, 9.17) is 9.15 Å². The fourth-order valence-electron chi connectivity index (χ4n) is 4.14. The molecule has 5 rings (SSSR count). The lowest BCUT2D eigenvalue weighted by atomic mass is 9.95. The van der Waals surface area contributed by atoms with Crippen molar-refractivity contribution in [1.29, 1.82) is 0 Å². The minimum Gasteiger partial charge on any atom is -0.466 e. The monoisotopic (exact) mass is 548 g/mol. The number of hydrogen-bond donors (Lipinski definition) is 0. The number of methoxy groups -OCH3 is 1. The number of carbonyl (C=O) groups excluding carboxylic acids is 1. The number of nitrogens with zero attached hydrogens (tertiary/aromatic N) is 2. The van der Waals surface area contributed by atoms with E-state index in [0.717, 1.165) is 15.6 Å². The predicted molar refractivity (Wildman–Crippen MR) is 139 cm³/mol. The van der Waals surface area contributed by atoms with Crippen molar-refractivity contribution in [2.75, 3.05) is 7.11 Å². The summed E-state index contributed by atoms with van der Waals surface area (Å²) < 4.78 is 14.1. The quantitative estimate of drug-likeness (QED) is 0.335. The Morgan fingerprint density at radius 1 is 1.14 bits per heavy atom. The van der Waals surface area contributed by atoms with E-state index in [-0.39, 0.29) is 5.56 Å². The fourth-order valence-corrected chi connectivity index (χ4v) is 5.41. The number of allylic oxidation sites excluding steroid dienone is 1. The largest absolute Gasteiger partial charge is 0.466 e. The van der Waals surface area contributed by atoms with Crippen molar-refractivity contribution in [2.24, 2.45) is 4.99 Å². The zero-order valence-electron chi connectivity index (χ0n) is 19.0. The van der Waals surface area contributed by atoms with E-state index in [1.54, 1.807) is 10.6 Å². The standard InChI is InChI=1S/C27H21BrN2O4S/c1-3-20-23(26(32)33-2)24(17-7-5-4-6-8-17)30-25(31)22(35-27(30)29-20)15-19-13-14-21(34-19)16-9-11-18(28)12-10-16/h4-15,24H,3H2,1-2H3/b22-15+/t24-/m1/s1. The maximum atomic E-state index is 13.6. The van der Waals surface area contributed by atoms with Crippen LogP contribution in [-0.4, -0.2) is 17.6 Å². The summed E-state index contributed by atoms with van der Waals surface area (Å²) in [5.74, 6) is 0.784. The number of fused-ring (bicyclic) bond motifs is 1. The number of benzene rings is 2. The third kappa shape index (κ3) is 4.35. The van der Waals surface area contributed by atoms with Gasteiger partial charge in [-0.1, -0.05) is 76.7 Å². The summed E-state index contributed by atoms with van der Waals surface area (Å²) in [6, 6.07) is 20.4. The van der Waals surface area contributed by atoms with Gasteiger partial charge in [0.2, 0.25) is 0 Å². The number of aromatic nitrogens is 1. The van der Waals surface area contributed by atoms with E-state index >= 15 is 0 Å². The Morgan fingerprint density at radius 2 is 1.89 bits per heavy atom. The number of halogens is 1. The minimum atomic E-state index is -0.619. The number of hydrogen-bond acceptors (Lipinski definition) is 6. The Hall–Kier alpha value is -3.49. The summed E-state index contributed by atoms with van der Waals surface area (Å²) in [7, 11) is 1.34. The van der Waals surface area contributed by atoms with Crippen LogP contribution in [0.15, 0.2) is 96.7 Å². The lowest BCUT2D eigenvalue weighted by Gasteiger charge is -2.25. The lowest BCUT2D eigenvalue weighted by molar-refractivity contribution is -0.136. The highest BCUT2D eigenvalue weighted by molar-refractivity contribution is 9.10. The summed E-state index contributed by atoms with van der Waals surface area (Å²) in [4.78, 5) is 31.7. The Labute approximate surface area is 213 Å². The molecule has 4 aromatic rings. The van der Waals surface area contributed by atoms with E-state index in [2.05, 4.69) is 20.9 Å². The van der Waals surface area contributed by atoms with Crippen molar-refractivity contribution >= 4 is 39.3 Å². The molecule has 0 saturated heterocycles. The molecule has 0 unspecified atom stereocenters. The highest BCUT2D eigenvalue weighted by Gasteiger charge is 2.33. The van der Waals surface area contributed by atoms with E-state index in [1.165, 1.54) is 18.4 Å².